The molecule has 1 heterocycles. The van der Waals surface area contributed by atoms with E-state index in [1.165, 1.54) is 36.0 Å². The number of amides is 1. The molecule has 0 bridgehead atoms. The molecule has 1 amide bonds. The summed E-state index contributed by atoms with van der Waals surface area (Å²) in [7, 11) is 1.74. The van der Waals surface area contributed by atoms with Crippen LogP contribution in [0.1, 0.15) is 0 Å². The largest absolute Gasteiger partial charge is 0.507 e. The normalized spacial score (nSPS) is 10.6. The van der Waals surface area contributed by atoms with Crippen molar-refractivity contribution in [1.82, 2.24) is 14.8 Å². The van der Waals surface area contributed by atoms with Crippen molar-refractivity contribution < 1.29 is 14.8 Å². The molecular formula is C17H14BrN5O4S. The molecule has 9 nitrogen and oxygen atoms in total. The van der Waals surface area contributed by atoms with Gasteiger partial charge in [0.25, 0.3) is 5.69 Å². The number of nitrogens with one attached hydrogen (secondary N) is 1. The number of hydrogen-bond donors (Lipinski definition) is 2. The fourth-order valence-corrected chi connectivity index (χ4v) is 3.43. The fraction of sp³-hybridized carbons (Fsp3) is 0.118. The Balaban J connectivity index is 1.65. The molecule has 28 heavy (non-hydrogen) atoms. The molecule has 3 rings (SSSR count). The van der Waals surface area contributed by atoms with E-state index in [2.05, 4.69) is 31.4 Å². The highest BCUT2D eigenvalue weighted by atomic mass is 79.9. The number of aromatic hydroxyl groups is 1. The van der Waals surface area contributed by atoms with Crippen molar-refractivity contribution >= 4 is 45.0 Å². The molecule has 2 N–H and O–H groups in total. The Kier molecular flexibility index (Phi) is 5.95. The summed E-state index contributed by atoms with van der Waals surface area (Å²) in [6.45, 7) is 0. The second-order valence-corrected chi connectivity index (χ2v) is 7.53. The Bertz CT molecular complexity index is 1040. The standard InChI is InChI=1S/C17H14BrN5O4S/c1-22-16(13-8-10(18)2-7-14(13)24)20-21-17(22)28-9-15(25)19-11-3-5-12(6-4-11)23(26)27/h2-8,24H,9H2,1H3,(H,19,25). The molecule has 11 heteroatoms. The number of thioether (sulfide) groups is 1. The van der Waals surface area contributed by atoms with Crippen LogP contribution in [0.4, 0.5) is 11.4 Å². The minimum Gasteiger partial charge on any atom is -0.507 e. The molecule has 0 saturated heterocycles. The molecule has 2 aromatic carbocycles. The Morgan fingerprint density at radius 1 is 1.29 bits per heavy atom. The summed E-state index contributed by atoms with van der Waals surface area (Å²) in [5.74, 6) is 0.338. The van der Waals surface area contributed by atoms with E-state index in [0.29, 0.717) is 22.2 Å². The fourth-order valence-electron chi connectivity index (χ4n) is 2.36. The third-order valence-electron chi connectivity index (χ3n) is 3.73. The minimum atomic E-state index is -0.504. The van der Waals surface area contributed by atoms with E-state index < -0.39 is 4.92 Å². The first-order chi connectivity index (χ1) is 13.3. The Morgan fingerprint density at radius 2 is 2.00 bits per heavy atom. The van der Waals surface area contributed by atoms with Crippen LogP contribution in [0.2, 0.25) is 0 Å². The number of carbonyl (C=O) groups excluding carboxylic acids is 1. The molecule has 0 radical (unpaired) electrons. The third kappa shape index (κ3) is 4.49. The number of carbonyl (C=O) groups is 1. The molecule has 3 aromatic rings. The highest BCUT2D eigenvalue weighted by Gasteiger charge is 2.16. The number of hydrogen-bond acceptors (Lipinski definition) is 7. The predicted molar refractivity (Wildman–Crippen MR) is 108 cm³/mol. The van der Waals surface area contributed by atoms with Gasteiger partial charge >= 0.3 is 0 Å². The number of aromatic nitrogens is 3. The van der Waals surface area contributed by atoms with Gasteiger partial charge in [-0.25, -0.2) is 0 Å². The van der Waals surface area contributed by atoms with Crippen molar-refractivity contribution in [2.24, 2.45) is 7.05 Å². The summed E-state index contributed by atoms with van der Waals surface area (Å²) < 4.78 is 2.48. The lowest BCUT2D eigenvalue weighted by Gasteiger charge is -2.07. The van der Waals surface area contributed by atoms with Gasteiger partial charge in [0.2, 0.25) is 5.91 Å². The zero-order chi connectivity index (χ0) is 20.3. The summed E-state index contributed by atoms with van der Waals surface area (Å²) >= 11 is 4.54. The number of anilines is 1. The molecule has 0 fully saturated rings. The highest BCUT2D eigenvalue weighted by molar-refractivity contribution is 9.10. The molecule has 0 atom stereocenters. The average Bonchev–Trinajstić information content (AvgIpc) is 3.03. The lowest BCUT2D eigenvalue weighted by atomic mass is 10.2. The van der Waals surface area contributed by atoms with E-state index in [1.807, 2.05) is 0 Å². The van der Waals surface area contributed by atoms with E-state index in [1.54, 1.807) is 29.8 Å². The second-order valence-electron chi connectivity index (χ2n) is 5.67. The number of nitrogens with zero attached hydrogens (tertiary/aromatic N) is 4. The maximum Gasteiger partial charge on any atom is 0.269 e. The van der Waals surface area contributed by atoms with Crippen molar-refractivity contribution in [2.75, 3.05) is 11.1 Å². The van der Waals surface area contributed by atoms with Crippen molar-refractivity contribution in [2.45, 2.75) is 5.16 Å². The number of nitro groups is 1. The van der Waals surface area contributed by atoms with Gasteiger partial charge in [-0.1, -0.05) is 27.7 Å². The lowest BCUT2D eigenvalue weighted by molar-refractivity contribution is -0.384. The van der Waals surface area contributed by atoms with E-state index in [0.717, 1.165) is 4.47 Å². The first kappa shape index (κ1) is 19.8. The second kappa shape index (κ2) is 8.40. The number of non-ortho nitro benzene ring substituents is 1. The van der Waals surface area contributed by atoms with Gasteiger partial charge in [-0.05, 0) is 30.3 Å². The van der Waals surface area contributed by atoms with Crippen molar-refractivity contribution in [1.29, 1.82) is 0 Å². The van der Waals surface area contributed by atoms with Gasteiger partial charge in [-0.15, -0.1) is 10.2 Å². The van der Waals surface area contributed by atoms with Crippen LogP contribution in [0, 0.1) is 10.1 Å². The molecule has 0 spiro atoms. The lowest BCUT2D eigenvalue weighted by Crippen LogP contribution is -2.14. The summed E-state index contributed by atoms with van der Waals surface area (Å²) in [5.41, 5.74) is 0.940. The number of phenolic OH excluding ortho intramolecular Hbond substituents is 1. The molecule has 0 aliphatic heterocycles. The molecule has 0 saturated carbocycles. The summed E-state index contributed by atoms with van der Waals surface area (Å²) in [4.78, 5) is 22.3. The zero-order valence-electron chi connectivity index (χ0n) is 14.5. The summed E-state index contributed by atoms with van der Waals surface area (Å²) in [5, 5.41) is 32.0. The predicted octanol–water partition coefficient (Wildman–Crippen LogP) is 3.59. The molecule has 0 aliphatic carbocycles. The average molecular weight is 464 g/mol. The van der Waals surface area contributed by atoms with Gasteiger partial charge in [-0.2, -0.15) is 0 Å². The van der Waals surface area contributed by atoms with Gasteiger partial charge in [0.1, 0.15) is 5.75 Å². The number of rotatable bonds is 6. The van der Waals surface area contributed by atoms with Gasteiger partial charge in [0.15, 0.2) is 11.0 Å². The Labute approximate surface area is 172 Å². The third-order valence-corrected chi connectivity index (χ3v) is 5.24. The van der Waals surface area contributed by atoms with Crippen LogP contribution in [-0.2, 0) is 11.8 Å². The monoisotopic (exact) mass is 463 g/mol. The van der Waals surface area contributed by atoms with Crippen molar-refractivity contribution in [3.63, 3.8) is 0 Å². The summed E-state index contributed by atoms with van der Waals surface area (Å²) in [6, 6.07) is 10.6. The number of halogens is 1. The maximum absolute atomic E-state index is 12.1. The van der Waals surface area contributed by atoms with Gasteiger partial charge in [0, 0.05) is 29.3 Å². The van der Waals surface area contributed by atoms with Gasteiger partial charge in [0.05, 0.1) is 16.2 Å². The van der Waals surface area contributed by atoms with Crippen LogP contribution >= 0.6 is 27.7 Å². The van der Waals surface area contributed by atoms with E-state index in [-0.39, 0.29) is 23.1 Å². The first-order valence-corrected chi connectivity index (χ1v) is 9.68. The number of benzene rings is 2. The van der Waals surface area contributed by atoms with E-state index in [9.17, 15) is 20.0 Å². The van der Waals surface area contributed by atoms with Crippen molar-refractivity contribution in [3.05, 3.63) is 57.1 Å². The SMILES string of the molecule is Cn1c(SCC(=O)Nc2ccc([N+](=O)[O-])cc2)nnc1-c1cc(Br)ccc1O. The van der Waals surface area contributed by atoms with E-state index >= 15 is 0 Å². The van der Waals surface area contributed by atoms with Crippen molar-refractivity contribution in [3.8, 4) is 17.1 Å². The van der Waals surface area contributed by atoms with Gasteiger partial charge < -0.3 is 15.0 Å². The van der Waals surface area contributed by atoms with Crippen LogP contribution < -0.4 is 5.32 Å². The molecule has 1 aromatic heterocycles. The Hall–Kier alpha value is -2.92. The molecule has 0 unspecified atom stereocenters. The Morgan fingerprint density at radius 3 is 2.68 bits per heavy atom. The number of nitro benzene ring substituents is 1. The van der Waals surface area contributed by atoms with E-state index in [4.69, 9.17) is 0 Å². The molecule has 0 aliphatic rings. The zero-order valence-corrected chi connectivity index (χ0v) is 16.9. The van der Waals surface area contributed by atoms with Crippen LogP contribution in [-0.4, -0.2) is 36.5 Å². The van der Waals surface area contributed by atoms with Gasteiger partial charge in [-0.3, -0.25) is 14.9 Å². The molecule has 144 valence electrons. The highest BCUT2D eigenvalue weighted by Crippen LogP contribution is 2.32. The van der Waals surface area contributed by atoms with Crippen LogP contribution in [0.5, 0.6) is 5.75 Å². The van der Waals surface area contributed by atoms with Crippen LogP contribution in [0.3, 0.4) is 0 Å². The topological polar surface area (TPSA) is 123 Å². The number of phenols is 1. The summed E-state index contributed by atoms with van der Waals surface area (Å²) in [6.07, 6.45) is 0. The minimum absolute atomic E-state index is 0.0465. The quantitative estimate of drug-likeness (QED) is 0.325. The van der Waals surface area contributed by atoms with Crippen LogP contribution in [0.15, 0.2) is 52.1 Å². The maximum atomic E-state index is 12.1. The smallest absolute Gasteiger partial charge is 0.269 e. The first-order valence-electron chi connectivity index (χ1n) is 7.90. The van der Waals surface area contributed by atoms with Crippen LogP contribution in [0.25, 0.3) is 11.4 Å². The molecular weight excluding hydrogens is 450 g/mol.